The predicted molar refractivity (Wildman–Crippen MR) is 140 cm³/mol. The highest BCUT2D eigenvalue weighted by Crippen LogP contribution is 2.43. The molecule has 0 radical (unpaired) electrons. The lowest BCUT2D eigenvalue weighted by atomic mass is 10.1. The van der Waals surface area contributed by atoms with Crippen LogP contribution in [0, 0.1) is 29.8 Å². The summed E-state index contributed by atoms with van der Waals surface area (Å²) in [5.41, 5.74) is 2.87. The van der Waals surface area contributed by atoms with Gasteiger partial charge < -0.3 is 9.47 Å². The predicted octanol–water partition coefficient (Wildman–Crippen LogP) is 6.37. The molecular formula is C26H24ClFN4O4S. The van der Waals surface area contributed by atoms with Gasteiger partial charge in [0.05, 0.1) is 12.1 Å². The normalized spacial score (nSPS) is 11.8. The molecule has 0 aliphatic heterocycles. The van der Waals surface area contributed by atoms with Gasteiger partial charge in [-0.2, -0.15) is 0 Å². The Hall–Kier alpha value is -3.63. The van der Waals surface area contributed by atoms with E-state index in [1.165, 1.54) is 24.9 Å². The third kappa shape index (κ3) is 6.20. The molecule has 0 saturated heterocycles. The number of methoxy groups -OCH3 is 1. The summed E-state index contributed by atoms with van der Waals surface area (Å²) in [5.74, 6) is 0.756. The molecule has 0 aliphatic rings. The highest BCUT2D eigenvalue weighted by molar-refractivity contribution is 7.99. The van der Waals surface area contributed by atoms with Gasteiger partial charge >= 0.3 is 0 Å². The Kier molecular flexibility index (Phi) is 8.30. The molecule has 0 spiro atoms. The van der Waals surface area contributed by atoms with E-state index >= 15 is 0 Å². The summed E-state index contributed by atoms with van der Waals surface area (Å²) in [4.78, 5) is 11.2. The molecule has 0 aliphatic carbocycles. The average Bonchev–Trinajstić information content (AvgIpc) is 3.23. The van der Waals surface area contributed by atoms with Crippen molar-refractivity contribution in [1.29, 1.82) is 0 Å². The number of thioether (sulfide) groups is 1. The zero-order valence-electron chi connectivity index (χ0n) is 20.4. The lowest BCUT2D eigenvalue weighted by Gasteiger charge is -2.18. The molecule has 0 N–H and O–H groups in total. The quantitative estimate of drug-likeness (QED) is 0.130. The number of hydrogen-bond donors (Lipinski definition) is 0. The number of nitro groups is 1. The van der Waals surface area contributed by atoms with E-state index in [1.54, 1.807) is 30.3 Å². The van der Waals surface area contributed by atoms with E-state index in [0.29, 0.717) is 22.1 Å². The first kappa shape index (κ1) is 26.4. The maximum absolute atomic E-state index is 14.0. The molecule has 4 rings (SSSR count). The van der Waals surface area contributed by atoms with Crippen LogP contribution in [0.15, 0.2) is 65.8 Å². The summed E-state index contributed by atoms with van der Waals surface area (Å²) in [6.45, 7) is 3.36. The van der Waals surface area contributed by atoms with Crippen molar-refractivity contribution in [3.05, 3.63) is 104 Å². The standard InChI is InChI=1S/C26H24ClFN4O4S/c1-16-8-10-20(11-9-16)32-17(2)29-30-26(32)37-24(14-31(33)34)19-12-21(27)25(23(13-19)35-3)36-15-18-6-4-5-7-22(18)28/h4-13,24H,14-15H2,1-3H3/t24-/m0/s1. The van der Waals surface area contributed by atoms with Gasteiger partial charge in [0.25, 0.3) is 0 Å². The smallest absolute Gasteiger partial charge is 0.220 e. The SMILES string of the molecule is COc1cc([C@H](C[N+](=O)[O-])Sc2nnc(C)n2-c2ccc(C)cc2)cc(Cl)c1OCc1ccccc1F. The van der Waals surface area contributed by atoms with Gasteiger partial charge in [0.15, 0.2) is 16.7 Å². The van der Waals surface area contributed by atoms with E-state index in [0.717, 1.165) is 11.3 Å². The highest BCUT2D eigenvalue weighted by Gasteiger charge is 2.26. The van der Waals surface area contributed by atoms with Gasteiger partial charge in [0.2, 0.25) is 6.54 Å². The second-order valence-corrected chi connectivity index (χ2v) is 9.81. The van der Waals surface area contributed by atoms with E-state index in [1.807, 2.05) is 42.7 Å². The van der Waals surface area contributed by atoms with Gasteiger partial charge in [-0.3, -0.25) is 14.7 Å². The van der Waals surface area contributed by atoms with E-state index in [9.17, 15) is 14.5 Å². The fourth-order valence-corrected chi connectivity index (χ4v) is 5.14. The molecule has 0 fully saturated rings. The Balaban J connectivity index is 1.66. The van der Waals surface area contributed by atoms with Crippen LogP contribution in [0.4, 0.5) is 4.39 Å². The number of halogens is 2. The fraction of sp³-hybridized carbons (Fsp3) is 0.231. The van der Waals surface area contributed by atoms with Crippen molar-refractivity contribution in [3.63, 3.8) is 0 Å². The third-order valence-corrected chi connectivity index (χ3v) is 7.06. The fourth-order valence-electron chi connectivity index (χ4n) is 3.71. The van der Waals surface area contributed by atoms with E-state index in [4.69, 9.17) is 21.1 Å². The Bertz CT molecular complexity index is 1410. The van der Waals surface area contributed by atoms with Gasteiger partial charge in [-0.05, 0) is 49.7 Å². The lowest BCUT2D eigenvalue weighted by molar-refractivity contribution is -0.479. The number of rotatable bonds is 10. The molecule has 0 amide bonds. The Morgan fingerprint density at radius 2 is 1.86 bits per heavy atom. The summed E-state index contributed by atoms with van der Waals surface area (Å²) >= 11 is 7.74. The van der Waals surface area contributed by atoms with Crippen molar-refractivity contribution in [3.8, 4) is 17.2 Å². The molecule has 37 heavy (non-hydrogen) atoms. The summed E-state index contributed by atoms with van der Waals surface area (Å²) < 4.78 is 27.1. The zero-order chi connectivity index (χ0) is 26.5. The first-order valence-electron chi connectivity index (χ1n) is 11.3. The van der Waals surface area contributed by atoms with Crippen LogP contribution in [0.5, 0.6) is 11.5 Å². The second-order valence-electron chi connectivity index (χ2n) is 8.24. The molecule has 1 aromatic heterocycles. The third-order valence-electron chi connectivity index (χ3n) is 5.60. The number of hydrogen-bond acceptors (Lipinski definition) is 7. The molecule has 0 unspecified atom stereocenters. The summed E-state index contributed by atoms with van der Waals surface area (Å²) in [7, 11) is 1.44. The van der Waals surface area contributed by atoms with Crippen LogP contribution < -0.4 is 9.47 Å². The van der Waals surface area contributed by atoms with Gasteiger partial charge in [-0.15, -0.1) is 10.2 Å². The van der Waals surface area contributed by atoms with E-state index < -0.39 is 11.1 Å². The Labute approximate surface area is 222 Å². The van der Waals surface area contributed by atoms with Crippen LogP contribution in [0.25, 0.3) is 5.69 Å². The minimum absolute atomic E-state index is 0.0614. The molecule has 4 aromatic rings. The maximum atomic E-state index is 14.0. The molecule has 8 nitrogen and oxygen atoms in total. The highest BCUT2D eigenvalue weighted by atomic mass is 35.5. The molecule has 1 atom stereocenters. The number of nitrogens with zero attached hydrogens (tertiary/aromatic N) is 4. The number of aromatic nitrogens is 3. The average molecular weight is 543 g/mol. The van der Waals surface area contributed by atoms with Gasteiger partial charge in [0.1, 0.15) is 23.5 Å². The number of ether oxygens (including phenoxy) is 2. The summed E-state index contributed by atoms with van der Waals surface area (Å²) in [6, 6.07) is 17.3. The van der Waals surface area contributed by atoms with Crippen molar-refractivity contribution >= 4 is 23.4 Å². The maximum Gasteiger partial charge on any atom is 0.220 e. The summed E-state index contributed by atoms with van der Waals surface area (Å²) in [6.07, 6.45) is 0. The van der Waals surface area contributed by atoms with Crippen LogP contribution in [-0.2, 0) is 6.61 Å². The first-order valence-corrected chi connectivity index (χ1v) is 12.5. The Morgan fingerprint density at radius 3 is 2.54 bits per heavy atom. The molecule has 0 bridgehead atoms. The van der Waals surface area contributed by atoms with Gasteiger partial charge in [0, 0.05) is 16.2 Å². The minimum Gasteiger partial charge on any atom is -0.493 e. The molecule has 1 heterocycles. The van der Waals surface area contributed by atoms with E-state index in [2.05, 4.69) is 10.2 Å². The van der Waals surface area contributed by atoms with Crippen LogP contribution in [0.3, 0.4) is 0 Å². The van der Waals surface area contributed by atoms with Crippen LogP contribution >= 0.6 is 23.4 Å². The van der Waals surface area contributed by atoms with Crippen LogP contribution in [0.1, 0.15) is 27.8 Å². The van der Waals surface area contributed by atoms with Crippen molar-refractivity contribution in [2.24, 2.45) is 0 Å². The monoisotopic (exact) mass is 542 g/mol. The van der Waals surface area contributed by atoms with Gasteiger partial charge in [-0.25, -0.2) is 4.39 Å². The number of aryl methyl sites for hydroxylation is 2. The second kappa shape index (κ2) is 11.6. The molecule has 192 valence electrons. The zero-order valence-corrected chi connectivity index (χ0v) is 21.9. The first-order chi connectivity index (χ1) is 17.8. The minimum atomic E-state index is -0.658. The van der Waals surface area contributed by atoms with Crippen LogP contribution in [-0.4, -0.2) is 33.3 Å². The number of benzene rings is 3. The van der Waals surface area contributed by atoms with Crippen molar-refractivity contribution in [1.82, 2.24) is 14.8 Å². The van der Waals surface area contributed by atoms with Crippen molar-refractivity contribution in [2.75, 3.05) is 13.7 Å². The van der Waals surface area contributed by atoms with E-state index in [-0.39, 0.29) is 34.6 Å². The van der Waals surface area contributed by atoms with Gasteiger partial charge in [-0.1, -0.05) is 59.3 Å². The lowest BCUT2D eigenvalue weighted by Crippen LogP contribution is -2.12. The van der Waals surface area contributed by atoms with Crippen molar-refractivity contribution < 1.29 is 18.8 Å². The molecule has 3 aromatic carbocycles. The topological polar surface area (TPSA) is 92.3 Å². The van der Waals surface area contributed by atoms with Crippen molar-refractivity contribution in [2.45, 2.75) is 30.9 Å². The molecule has 0 saturated carbocycles. The van der Waals surface area contributed by atoms with Crippen LogP contribution in [0.2, 0.25) is 5.02 Å². The molecule has 11 heteroatoms. The molecular weight excluding hydrogens is 519 g/mol. The largest absolute Gasteiger partial charge is 0.493 e. The Morgan fingerprint density at radius 1 is 1.14 bits per heavy atom. The summed E-state index contributed by atoms with van der Waals surface area (Å²) in [5, 5.41) is 20.1.